The van der Waals surface area contributed by atoms with Crippen molar-refractivity contribution >= 4 is 56.5 Å². The maximum Gasteiger partial charge on any atom is 0.294 e. The minimum absolute atomic E-state index is 0.225. The van der Waals surface area contributed by atoms with E-state index in [-0.39, 0.29) is 17.4 Å². The molecule has 7 nitrogen and oxygen atoms in total. The number of amides is 3. The molecule has 35 heavy (non-hydrogen) atoms. The van der Waals surface area contributed by atoms with E-state index in [2.05, 4.69) is 20.8 Å². The first-order valence-electron chi connectivity index (χ1n) is 11.2. The Morgan fingerprint density at radius 2 is 1.66 bits per heavy atom. The van der Waals surface area contributed by atoms with Crippen LogP contribution in [0.3, 0.4) is 0 Å². The molecule has 2 aliphatic rings. The summed E-state index contributed by atoms with van der Waals surface area (Å²) in [6.07, 6.45) is 1.55. The number of anilines is 1. The highest BCUT2D eigenvalue weighted by molar-refractivity contribution is 9.10. The number of imide groups is 1. The average Bonchev–Trinajstić information content (AvgIpc) is 3.45. The third-order valence-corrected chi connectivity index (χ3v) is 7.39. The molecule has 1 aromatic heterocycles. The first-order chi connectivity index (χ1) is 17.0. The van der Waals surface area contributed by atoms with Gasteiger partial charge in [-0.15, -0.1) is 0 Å². The summed E-state index contributed by atoms with van der Waals surface area (Å²) in [5.74, 6) is 0.430. The van der Waals surface area contributed by atoms with Gasteiger partial charge in [0, 0.05) is 48.0 Å². The normalized spacial score (nSPS) is 17.5. The number of para-hydroxylation sites is 1. The van der Waals surface area contributed by atoms with Crippen LogP contribution in [0.1, 0.15) is 5.76 Å². The second-order valence-corrected chi connectivity index (χ2v) is 10.1. The van der Waals surface area contributed by atoms with Gasteiger partial charge in [-0.3, -0.25) is 19.3 Å². The molecule has 0 N–H and O–H groups in total. The molecule has 3 heterocycles. The molecule has 2 fully saturated rings. The van der Waals surface area contributed by atoms with E-state index in [1.807, 2.05) is 60.7 Å². The summed E-state index contributed by atoms with van der Waals surface area (Å²) in [5.41, 5.74) is 2.02. The quantitative estimate of drug-likeness (QED) is 0.411. The molecular weight excluding hydrogens is 530 g/mol. The number of carbonyl (C=O) groups is 3. The summed E-state index contributed by atoms with van der Waals surface area (Å²) in [7, 11) is 0. The maximum atomic E-state index is 12.9. The minimum atomic E-state index is -0.474. The van der Waals surface area contributed by atoms with E-state index in [4.69, 9.17) is 4.42 Å². The van der Waals surface area contributed by atoms with Gasteiger partial charge in [-0.2, -0.15) is 0 Å². The number of benzene rings is 2. The topological polar surface area (TPSA) is 74.1 Å². The number of carbonyl (C=O) groups excluding carboxylic acids is 3. The monoisotopic (exact) mass is 551 g/mol. The SMILES string of the molecule is O=C(CN1C(=O)S/C(=C\c2ccc(-c3ccc(Br)cc3)o2)C1=O)N1CCN(c2ccccc2)CC1. The maximum absolute atomic E-state index is 12.9. The summed E-state index contributed by atoms with van der Waals surface area (Å²) in [5, 5.41) is -0.447. The van der Waals surface area contributed by atoms with Crippen LogP contribution >= 0.6 is 27.7 Å². The summed E-state index contributed by atoms with van der Waals surface area (Å²) in [4.78, 5) is 43.4. The van der Waals surface area contributed by atoms with Gasteiger partial charge < -0.3 is 14.2 Å². The zero-order valence-electron chi connectivity index (χ0n) is 18.7. The lowest BCUT2D eigenvalue weighted by molar-refractivity contribution is -0.136. The number of nitrogens with zero attached hydrogens (tertiary/aromatic N) is 3. The number of hydrogen-bond acceptors (Lipinski definition) is 6. The van der Waals surface area contributed by atoms with Gasteiger partial charge in [0.15, 0.2) is 0 Å². The molecule has 178 valence electrons. The Morgan fingerprint density at radius 3 is 2.37 bits per heavy atom. The van der Waals surface area contributed by atoms with Crippen molar-refractivity contribution in [3.05, 3.63) is 81.9 Å². The van der Waals surface area contributed by atoms with Crippen molar-refractivity contribution in [2.24, 2.45) is 0 Å². The number of thioether (sulfide) groups is 1. The number of furan rings is 1. The average molecular weight is 552 g/mol. The van der Waals surface area contributed by atoms with Crippen LogP contribution in [0.4, 0.5) is 10.5 Å². The van der Waals surface area contributed by atoms with Gasteiger partial charge in [0.25, 0.3) is 11.1 Å². The van der Waals surface area contributed by atoms with E-state index in [0.717, 1.165) is 32.4 Å². The van der Waals surface area contributed by atoms with Gasteiger partial charge >= 0.3 is 0 Å². The first kappa shape index (κ1) is 23.4. The molecular formula is C26H22BrN3O4S. The van der Waals surface area contributed by atoms with Crippen molar-refractivity contribution in [1.82, 2.24) is 9.80 Å². The molecule has 0 radical (unpaired) electrons. The fourth-order valence-corrected chi connectivity index (χ4v) is 5.14. The Hall–Kier alpha value is -3.30. The lowest BCUT2D eigenvalue weighted by atomic mass is 10.2. The van der Waals surface area contributed by atoms with Crippen LogP contribution in [-0.4, -0.2) is 59.6 Å². The molecule has 2 aromatic carbocycles. The Morgan fingerprint density at radius 1 is 0.943 bits per heavy atom. The smallest absolute Gasteiger partial charge is 0.294 e. The van der Waals surface area contributed by atoms with Crippen LogP contribution in [0.25, 0.3) is 17.4 Å². The van der Waals surface area contributed by atoms with Crippen LogP contribution < -0.4 is 4.90 Å². The standard InChI is InChI=1S/C26H22BrN3O4S/c27-19-8-6-18(7-9-19)22-11-10-21(34-22)16-23-25(32)30(26(33)35-23)17-24(31)29-14-12-28(13-15-29)20-4-2-1-3-5-20/h1-11,16H,12-15,17H2/b23-16-. The third kappa shape index (κ3) is 5.21. The second kappa shape index (κ2) is 10.1. The number of hydrogen-bond donors (Lipinski definition) is 0. The molecule has 3 aromatic rings. The van der Waals surface area contributed by atoms with Gasteiger partial charge in [0.2, 0.25) is 5.91 Å². The molecule has 0 aliphatic carbocycles. The van der Waals surface area contributed by atoms with E-state index in [0.29, 0.717) is 37.7 Å². The highest BCUT2D eigenvalue weighted by Gasteiger charge is 2.37. The van der Waals surface area contributed by atoms with Crippen LogP contribution in [0, 0.1) is 0 Å². The Balaban J connectivity index is 1.20. The Labute approximate surface area is 215 Å². The number of halogens is 1. The van der Waals surface area contributed by atoms with Crippen LogP contribution in [0.2, 0.25) is 0 Å². The fraction of sp³-hybridized carbons (Fsp3) is 0.192. The summed E-state index contributed by atoms with van der Waals surface area (Å²) in [6, 6.07) is 21.3. The van der Waals surface area contributed by atoms with Gasteiger partial charge in [-0.1, -0.05) is 46.3 Å². The van der Waals surface area contributed by atoms with E-state index >= 15 is 0 Å². The molecule has 0 bridgehead atoms. The van der Waals surface area contributed by atoms with E-state index in [9.17, 15) is 14.4 Å². The van der Waals surface area contributed by atoms with Crippen molar-refractivity contribution in [3.63, 3.8) is 0 Å². The van der Waals surface area contributed by atoms with Gasteiger partial charge in [-0.25, -0.2) is 0 Å². The minimum Gasteiger partial charge on any atom is -0.457 e. The largest absolute Gasteiger partial charge is 0.457 e. The molecule has 0 atom stereocenters. The lowest BCUT2D eigenvalue weighted by Crippen LogP contribution is -2.51. The molecule has 0 saturated carbocycles. The summed E-state index contributed by atoms with van der Waals surface area (Å²) in [6.45, 7) is 2.25. The zero-order chi connectivity index (χ0) is 24.4. The predicted octanol–water partition coefficient (Wildman–Crippen LogP) is 5.09. The van der Waals surface area contributed by atoms with Crippen LogP contribution in [0.15, 0.2) is 80.5 Å². The van der Waals surface area contributed by atoms with Gasteiger partial charge in [-0.05, 0) is 48.2 Å². The van der Waals surface area contributed by atoms with Crippen LogP contribution in [-0.2, 0) is 9.59 Å². The number of rotatable bonds is 5. The van der Waals surface area contributed by atoms with Gasteiger partial charge in [0.1, 0.15) is 18.1 Å². The fourth-order valence-electron chi connectivity index (χ4n) is 4.05. The van der Waals surface area contributed by atoms with E-state index in [1.165, 1.54) is 0 Å². The van der Waals surface area contributed by atoms with E-state index in [1.54, 1.807) is 17.0 Å². The molecule has 0 spiro atoms. The highest BCUT2D eigenvalue weighted by Crippen LogP contribution is 2.33. The number of piperazine rings is 1. The Bertz CT molecular complexity index is 1280. The van der Waals surface area contributed by atoms with Gasteiger partial charge in [0.05, 0.1) is 4.91 Å². The summed E-state index contributed by atoms with van der Waals surface area (Å²) >= 11 is 4.23. The molecule has 2 aliphatic heterocycles. The van der Waals surface area contributed by atoms with E-state index < -0.39 is 11.1 Å². The molecule has 2 saturated heterocycles. The van der Waals surface area contributed by atoms with Crippen molar-refractivity contribution in [2.45, 2.75) is 0 Å². The molecule has 3 amide bonds. The highest BCUT2D eigenvalue weighted by atomic mass is 79.9. The molecule has 5 rings (SSSR count). The lowest BCUT2D eigenvalue weighted by Gasteiger charge is -2.36. The van der Waals surface area contributed by atoms with Crippen molar-refractivity contribution in [3.8, 4) is 11.3 Å². The summed E-state index contributed by atoms with van der Waals surface area (Å²) < 4.78 is 6.81. The predicted molar refractivity (Wildman–Crippen MR) is 140 cm³/mol. The second-order valence-electron chi connectivity index (χ2n) is 8.18. The van der Waals surface area contributed by atoms with Crippen LogP contribution in [0.5, 0.6) is 0 Å². The molecule has 9 heteroatoms. The van der Waals surface area contributed by atoms with Crippen molar-refractivity contribution in [2.75, 3.05) is 37.6 Å². The third-order valence-electron chi connectivity index (χ3n) is 5.95. The molecule has 0 unspecified atom stereocenters. The first-order valence-corrected chi connectivity index (χ1v) is 12.8. The van der Waals surface area contributed by atoms with Crippen molar-refractivity contribution in [1.29, 1.82) is 0 Å². The zero-order valence-corrected chi connectivity index (χ0v) is 21.1. The Kier molecular flexibility index (Phi) is 6.79. The van der Waals surface area contributed by atoms with Crippen molar-refractivity contribution < 1.29 is 18.8 Å².